The van der Waals surface area contributed by atoms with Crippen molar-refractivity contribution < 1.29 is 33.5 Å². The number of esters is 1. The molecule has 0 radical (unpaired) electrons. The molecule has 0 saturated carbocycles. The fourth-order valence-electron chi connectivity index (χ4n) is 3.35. The van der Waals surface area contributed by atoms with Gasteiger partial charge in [0.25, 0.3) is 5.69 Å². The molecule has 0 aromatic heterocycles. The Kier molecular flexibility index (Phi) is 7.90. The lowest BCUT2D eigenvalue weighted by Gasteiger charge is -2.24. The number of ether oxygens (including phenoxy) is 3. The van der Waals surface area contributed by atoms with Crippen LogP contribution in [0.1, 0.15) is 36.7 Å². The highest BCUT2D eigenvalue weighted by atomic mass is 16.6. The number of carbonyl (C=O) groups is 3. The van der Waals surface area contributed by atoms with E-state index in [1.165, 1.54) is 29.2 Å². The maximum absolute atomic E-state index is 12.7. The SMILES string of the molecule is CC(C)(C)OC(=O)N1C[C@H](NC(=O)OCc2ccccc2)[C@H](OC(=O)c2ccc([N+](=O)[O-])cc2)C1. The first-order valence-electron chi connectivity index (χ1n) is 10.9. The van der Waals surface area contributed by atoms with E-state index in [4.69, 9.17) is 14.2 Å². The summed E-state index contributed by atoms with van der Waals surface area (Å²) in [5.74, 6) is -0.750. The lowest BCUT2D eigenvalue weighted by Crippen LogP contribution is -2.45. The maximum atomic E-state index is 12.7. The third-order valence-electron chi connectivity index (χ3n) is 5.01. The van der Waals surface area contributed by atoms with Crippen molar-refractivity contribution in [2.75, 3.05) is 13.1 Å². The van der Waals surface area contributed by atoms with E-state index in [1.807, 2.05) is 30.3 Å². The van der Waals surface area contributed by atoms with Crippen LogP contribution in [0.5, 0.6) is 0 Å². The van der Waals surface area contributed by atoms with Crippen LogP contribution in [0.15, 0.2) is 54.6 Å². The number of rotatable bonds is 6. The summed E-state index contributed by atoms with van der Waals surface area (Å²) in [4.78, 5) is 49.2. The fourth-order valence-corrected chi connectivity index (χ4v) is 3.35. The van der Waals surface area contributed by atoms with Crippen LogP contribution in [-0.2, 0) is 20.8 Å². The Hall–Kier alpha value is -4.15. The van der Waals surface area contributed by atoms with Gasteiger partial charge in [-0.15, -0.1) is 0 Å². The van der Waals surface area contributed by atoms with Gasteiger partial charge in [0.15, 0.2) is 0 Å². The third-order valence-corrected chi connectivity index (χ3v) is 5.01. The van der Waals surface area contributed by atoms with Gasteiger partial charge >= 0.3 is 18.2 Å². The van der Waals surface area contributed by atoms with Crippen molar-refractivity contribution >= 4 is 23.8 Å². The number of hydrogen-bond donors (Lipinski definition) is 1. The Morgan fingerprint density at radius 3 is 2.31 bits per heavy atom. The van der Waals surface area contributed by atoms with Crippen molar-refractivity contribution in [3.63, 3.8) is 0 Å². The molecule has 1 N–H and O–H groups in total. The van der Waals surface area contributed by atoms with Crippen molar-refractivity contribution in [2.24, 2.45) is 0 Å². The second-order valence-corrected chi connectivity index (χ2v) is 8.95. The van der Waals surface area contributed by atoms with Crippen molar-refractivity contribution in [2.45, 2.75) is 45.1 Å². The van der Waals surface area contributed by atoms with Crippen molar-refractivity contribution in [3.8, 4) is 0 Å². The average molecular weight is 485 g/mol. The summed E-state index contributed by atoms with van der Waals surface area (Å²) in [6, 6.07) is 13.3. The molecule has 0 bridgehead atoms. The number of hydrogen-bond acceptors (Lipinski definition) is 8. The summed E-state index contributed by atoms with van der Waals surface area (Å²) in [5, 5.41) is 13.5. The van der Waals surface area contributed by atoms with Crippen LogP contribution in [0, 0.1) is 10.1 Å². The number of non-ortho nitro benzene ring substituents is 1. The van der Waals surface area contributed by atoms with E-state index in [0.717, 1.165) is 5.56 Å². The first-order valence-corrected chi connectivity index (χ1v) is 10.9. The molecule has 1 saturated heterocycles. The summed E-state index contributed by atoms with van der Waals surface area (Å²) in [5.41, 5.74) is -0.0103. The van der Waals surface area contributed by atoms with Gasteiger partial charge in [0.2, 0.25) is 0 Å². The van der Waals surface area contributed by atoms with E-state index in [9.17, 15) is 24.5 Å². The molecule has 1 fully saturated rings. The van der Waals surface area contributed by atoms with Crippen molar-refractivity contribution in [3.05, 3.63) is 75.8 Å². The van der Waals surface area contributed by atoms with Crippen LogP contribution in [-0.4, -0.2) is 58.8 Å². The second kappa shape index (κ2) is 10.9. The van der Waals surface area contributed by atoms with Gasteiger partial charge in [-0.25, -0.2) is 14.4 Å². The van der Waals surface area contributed by atoms with Gasteiger partial charge < -0.3 is 24.4 Å². The first kappa shape index (κ1) is 25.5. The molecule has 0 unspecified atom stereocenters. The van der Waals surface area contributed by atoms with Gasteiger partial charge in [0.05, 0.1) is 23.1 Å². The van der Waals surface area contributed by atoms with Crippen molar-refractivity contribution in [1.82, 2.24) is 10.2 Å². The molecular weight excluding hydrogens is 458 g/mol. The summed E-state index contributed by atoms with van der Waals surface area (Å²) in [6.45, 7) is 5.24. The second-order valence-electron chi connectivity index (χ2n) is 8.95. The number of nitro groups is 1. The Bertz CT molecular complexity index is 1070. The highest BCUT2D eigenvalue weighted by Gasteiger charge is 2.40. The van der Waals surface area contributed by atoms with Crippen LogP contribution < -0.4 is 5.32 Å². The summed E-state index contributed by atoms with van der Waals surface area (Å²) in [6.07, 6.45) is -2.24. The molecule has 186 valence electrons. The fraction of sp³-hybridized carbons (Fsp3) is 0.375. The number of nitrogens with zero attached hydrogens (tertiary/aromatic N) is 2. The number of carbonyl (C=O) groups excluding carboxylic acids is 3. The van der Waals surface area contributed by atoms with Crippen LogP contribution in [0.3, 0.4) is 0 Å². The number of benzene rings is 2. The lowest BCUT2D eigenvalue weighted by molar-refractivity contribution is -0.384. The maximum Gasteiger partial charge on any atom is 0.410 e. The minimum absolute atomic E-state index is 0.0166. The van der Waals surface area contributed by atoms with E-state index in [-0.39, 0.29) is 30.9 Å². The zero-order valence-electron chi connectivity index (χ0n) is 19.6. The predicted octanol–water partition coefficient (Wildman–Crippen LogP) is 3.67. The number of nitrogens with one attached hydrogen (secondary N) is 1. The van der Waals surface area contributed by atoms with Gasteiger partial charge in [0.1, 0.15) is 18.3 Å². The Morgan fingerprint density at radius 2 is 1.71 bits per heavy atom. The lowest BCUT2D eigenvalue weighted by atomic mass is 10.2. The van der Waals surface area contributed by atoms with Crippen LogP contribution in [0.2, 0.25) is 0 Å². The zero-order chi connectivity index (χ0) is 25.6. The molecule has 11 nitrogen and oxygen atoms in total. The van der Waals surface area contributed by atoms with E-state index in [0.29, 0.717) is 0 Å². The van der Waals surface area contributed by atoms with Crippen LogP contribution >= 0.6 is 0 Å². The predicted molar refractivity (Wildman–Crippen MR) is 124 cm³/mol. The quantitative estimate of drug-likeness (QED) is 0.283. The smallest absolute Gasteiger partial charge is 0.410 e. The minimum Gasteiger partial charge on any atom is -0.455 e. The molecule has 3 rings (SSSR count). The molecule has 1 aliphatic rings. The molecule has 2 aromatic rings. The number of likely N-dealkylation sites (tertiary alicyclic amines) is 1. The Labute approximate surface area is 202 Å². The number of nitro benzene ring substituents is 1. The zero-order valence-corrected chi connectivity index (χ0v) is 19.6. The van der Waals surface area contributed by atoms with Gasteiger partial charge in [0, 0.05) is 18.7 Å². The van der Waals surface area contributed by atoms with Crippen LogP contribution in [0.4, 0.5) is 15.3 Å². The normalized spacial score (nSPS) is 17.4. The molecule has 0 spiro atoms. The number of amides is 2. The third kappa shape index (κ3) is 7.42. The molecule has 35 heavy (non-hydrogen) atoms. The molecule has 0 aliphatic carbocycles. The average Bonchev–Trinajstić information content (AvgIpc) is 3.19. The van der Waals surface area contributed by atoms with Gasteiger partial charge in [-0.1, -0.05) is 30.3 Å². The summed E-state index contributed by atoms with van der Waals surface area (Å²) in [7, 11) is 0. The highest BCUT2D eigenvalue weighted by Crippen LogP contribution is 2.20. The molecular formula is C24H27N3O8. The standard InChI is InChI=1S/C24H27N3O8/c1-24(2,3)35-23(30)26-13-19(25-22(29)33-15-16-7-5-4-6-8-16)20(14-26)34-21(28)17-9-11-18(12-10-17)27(31)32/h4-12,19-20H,13-15H2,1-3H3,(H,25,29)/t19-,20+/m0/s1. The molecule has 1 heterocycles. The largest absolute Gasteiger partial charge is 0.455 e. The van der Waals surface area contributed by atoms with Gasteiger partial charge in [-0.05, 0) is 38.5 Å². The van der Waals surface area contributed by atoms with Gasteiger partial charge in [-0.2, -0.15) is 0 Å². The molecule has 2 amide bonds. The Balaban J connectivity index is 1.68. The topological polar surface area (TPSA) is 137 Å². The van der Waals surface area contributed by atoms with Crippen molar-refractivity contribution in [1.29, 1.82) is 0 Å². The molecule has 1 aliphatic heterocycles. The van der Waals surface area contributed by atoms with E-state index < -0.39 is 40.8 Å². The van der Waals surface area contributed by atoms with E-state index in [2.05, 4.69) is 5.32 Å². The first-order chi connectivity index (χ1) is 16.5. The minimum atomic E-state index is -0.894. The van der Waals surface area contributed by atoms with E-state index in [1.54, 1.807) is 20.8 Å². The monoisotopic (exact) mass is 485 g/mol. The summed E-state index contributed by atoms with van der Waals surface area (Å²) >= 11 is 0. The summed E-state index contributed by atoms with van der Waals surface area (Å²) < 4.78 is 16.2. The highest BCUT2D eigenvalue weighted by molar-refractivity contribution is 5.90. The molecule has 2 aromatic carbocycles. The molecule has 2 atom stereocenters. The molecule has 11 heteroatoms. The Morgan fingerprint density at radius 1 is 1.06 bits per heavy atom. The van der Waals surface area contributed by atoms with Gasteiger partial charge in [-0.3, -0.25) is 10.1 Å². The van der Waals surface area contributed by atoms with Crippen LogP contribution in [0.25, 0.3) is 0 Å². The van der Waals surface area contributed by atoms with E-state index >= 15 is 0 Å². The number of alkyl carbamates (subject to hydrolysis) is 1.